The van der Waals surface area contributed by atoms with E-state index in [1.54, 1.807) is 14.0 Å². The highest BCUT2D eigenvalue weighted by Gasteiger charge is 2.22. The molecule has 0 aliphatic rings. The van der Waals surface area contributed by atoms with Crippen LogP contribution in [0.2, 0.25) is 0 Å². The van der Waals surface area contributed by atoms with Crippen LogP contribution in [0.15, 0.2) is 10.7 Å². The third-order valence-corrected chi connectivity index (χ3v) is 2.61. The Morgan fingerprint density at radius 3 is 2.63 bits per heavy atom. The van der Waals surface area contributed by atoms with Crippen molar-refractivity contribution in [1.82, 2.24) is 10.1 Å². The maximum atomic E-state index is 12.2. The zero-order valence-electron chi connectivity index (χ0n) is 11.3. The number of hydrogen-bond acceptors (Lipinski definition) is 6. The SMILES string of the molecule is COCCN(CCC(=O)OC)C(=O)c1oncc1C. The molecular formula is C12H18N2O5. The highest BCUT2D eigenvalue weighted by atomic mass is 16.5. The van der Waals surface area contributed by atoms with Crippen molar-refractivity contribution >= 4 is 11.9 Å². The highest BCUT2D eigenvalue weighted by Crippen LogP contribution is 2.10. The molecule has 1 rings (SSSR count). The van der Waals surface area contributed by atoms with Crippen LogP contribution in [0.4, 0.5) is 0 Å². The lowest BCUT2D eigenvalue weighted by Crippen LogP contribution is -2.36. The van der Waals surface area contributed by atoms with Crippen LogP contribution in [0.5, 0.6) is 0 Å². The molecule has 1 amide bonds. The standard InChI is InChI=1S/C12H18N2O5/c1-9-8-13-19-11(9)12(16)14(6-7-17-2)5-4-10(15)18-3/h8H,4-7H2,1-3H3. The van der Waals surface area contributed by atoms with Crippen molar-refractivity contribution in [3.8, 4) is 0 Å². The summed E-state index contributed by atoms with van der Waals surface area (Å²) in [6, 6.07) is 0. The molecule has 7 heteroatoms. The fourth-order valence-corrected chi connectivity index (χ4v) is 1.48. The first kappa shape index (κ1) is 15.2. The van der Waals surface area contributed by atoms with Crippen LogP contribution in [-0.2, 0) is 14.3 Å². The van der Waals surface area contributed by atoms with Gasteiger partial charge in [-0.15, -0.1) is 0 Å². The zero-order valence-corrected chi connectivity index (χ0v) is 11.3. The molecule has 7 nitrogen and oxygen atoms in total. The van der Waals surface area contributed by atoms with Crippen molar-refractivity contribution in [3.05, 3.63) is 17.5 Å². The van der Waals surface area contributed by atoms with E-state index in [9.17, 15) is 9.59 Å². The van der Waals surface area contributed by atoms with Crippen LogP contribution >= 0.6 is 0 Å². The van der Waals surface area contributed by atoms with E-state index in [-0.39, 0.29) is 30.6 Å². The molecule has 0 atom stereocenters. The largest absolute Gasteiger partial charge is 0.469 e. The number of esters is 1. The maximum absolute atomic E-state index is 12.2. The van der Waals surface area contributed by atoms with Gasteiger partial charge >= 0.3 is 5.97 Å². The molecule has 0 unspecified atom stereocenters. The molecule has 0 fully saturated rings. The molecule has 106 valence electrons. The molecule has 1 aromatic rings. The van der Waals surface area contributed by atoms with E-state index >= 15 is 0 Å². The quantitative estimate of drug-likeness (QED) is 0.676. The molecule has 0 spiro atoms. The number of aromatic nitrogens is 1. The van der Waals surface area contributed by atoms with Crippen LogP contribution in [0.3, 0.4) is 0 Å². The van der Waals surface area contributed by atoms with Gasteiger partial charge in [0, 0.05) is 25.8 Å². The Morgan fingerprint density at radius 1 is 1.37 bits per heavy atom. The minimum Gasteiger partial charge on any atom is -0.469 e. The van der Waals surface area contributed by atoms with Gasteiger partial charge in [-0.1, -0.05) is 5.16 Å². The molecule has 1 aromatic heterocycles. The first-order valence-corrected chi connectivity index (χ1v) is 5.86. The molecule has 0 radical (unpaired) electrons. The monoisotopic (exact) mass is 270 g/mol. The van der Waals surface area contributed by atoms with E-state index in [1.807, 2.05) is 0 Å². The molecule has 0 bridgehead atoms. The number of carbonyl (C=O) groups excluding carboxylic acids is 2. The van der Waals surface area contributed by atoms with Gasteiger partial charge in [0.1, 0.15) is 0 Å². The molecule has 0 aliphatic carbocycles. The Kier molecular flexibility index (Phi) is 6.01. The number of methoxy groups -OCH3 is 2. The third-order valence-electron chi connectivity index (χ3n) is 2.61. The number of aryl methyl sites for hydroxylation is 1. The van der Waals surface area contributed by atoms with E-state index in [1.165, 1.54) is 18.2 Å². The van der Waals surface area contributed by atoms with Crippen molar-refractivity contribution < 1.29 is 23.6 Å². The summed E-state index contributed by atoms with van der Waals surface area (Å²) in [6.07, 6.45) is 1.60. The summed E-state index contributed by atoms with van der Waals surface area (Å²) in [6.45, 7) is 2.72. The summed E-state index contributed by atoms with van der Waals surface area (Å²) in [5, 5.41) is 3.57. The Bertz CT molecular complexity index is 430. The van der Waals surface area contributed by atoms with Crippen LogP contribution in [0, 0.1) is 6.92 Å². The lowest BCUT2D eigenvalue weighted by molar-refractivity contribution is -0.140. The van der Waals surface area contributed by atoms with Crippen molar-refractivity contribution in [2.75, 3.05) is 33.9 Å². The summed E-state index contributed by atoms with van der Waals surface area (Å²) in [5.41, 5.74) is 0.658. The average molecular weight is 270 g/mol. The maximum Gasteiger partial charge on any atom is 0.307 e. The summed E-state index contributed by atoms with van der Waals surface area (Å²) in [4.78, 5) is 24.8. The molecular weight excluding hydrogens is 252 g/mol. The minimum absolute atomic E-state index is 0.124. The third kappa shape index (κ3) is 4.36. The predicted molar refractivity (Wildman–Crippen MR) is 65.7 cm³/mol. The summed E-state index contributed by atoms with van der Waals surface area (Å²) >= 11 is 0. The topological polar surface area (TPSA) is 81.9 Å². The van der Waals surface area contributed by atoms with E-state index in [4.69, 9.17) is 9.26 Å². The Hall–Kier alpha value is -1.89. The van der Waals surface area contributed by atoms with Gasteiger partial charge in [-0.3, -0.25) is 9.59 Å². The van der Waals surface area contributed by atoms with Crippen LogP contribution in [-0.4, -0.2) is 55.8 Å². The number of ether oxygens (including phenoxy) is 2. The lowest BCUT2D eigenvalue weighted by Gasteiger charge is -2.20. The van der Waals surface area contributed by atoms with Crippen LogP contribution < -0.4 is 0 Å². The van der Waals surface area contributed by atoms with Crippen molar-refractivity contribution in [2.24, 2.45) is 0 Å². The minimum atomic E-state index is -0.371. The first-order chi connectivity index (χ1) is 9.10. The average Bonchev–Trinajstić information content (AvgIpc) is 2.84. The fraction of sp³-hybridized carbons (Fsp3) is 0.583. The highest BCUT2D eigenvalue weighted by molar-refractivity contribution is 5.92. The Labute approximate surface area is 111 Å². The van der Waals surface area contributed by atoms with Crippen molar-refractivity contribution in [2.45, 2.75) is 13.3 Å². The van der Waals surface area contributed by atoms with E-state index in [0.29, 0.717) is 18.7 Å². The van der Waals surface area contributed by atoms with Gasteiger partial charge in [-0.25, -0.2) is 0 Å². The van der Waals surface area contributed by atoms with Gasteiger partial charge in [0.15, 0.2) is 0 Å². The molecule has 19 heavy (non-hydrogen) atoms. The Balaban J connectivity index is 2.70. The van der Waals surface area contributed by atoms with Gasteiger partial charge < -0.3 is 18.9 Å². The zero-order chi connectivity index (χ0) is 14.3. The second-order valence-electron chi connectivity index (χ2n) is 3.95. The van der Waals surface area contributed by atoms with Crippen LogP contribution in [0.1, 0.15) is 22.5 Å². The normalized spacial score (nSPS) is 10.3. The first-order valence-electron chi connectivity index (χ1n) is 5.86. The molecule has 0 N–H and O–H groups in total. The summed E-state index contributed by atoms with van der Waals surface area (Å²) < 4.78 is 14.4. The number of rotatable bonds is 7. The van der Waals surface area contributed by atoms with Crippen molar-refractivity contribution in [1.29, 1.82) is 0 Å². The van der Waals surface area contributed by atoms with Gasteiger partial charge in [0.2, 0.25) is 5.76 Å². The van der Waals surface area contributed by atoms with Gasteiger partial charge in [0.05, 0.1) is 26.3 Å². The van der Waals surface area contributed by atoms with Gasteiger partial charge in [0.25, 0.3) is 5.91 Å². The summed E-state index contributed by atoms with van der Waals surface area (Å²) in [5.74, 6) is -0.499. The fourth-order valence-electron chi connectivity index (χ4n) is 1.48. The number of nitrogens with zero attached hydrogens (tertiary/aromatic N) is 2. The number of hydrogen-bond donors (Lipinski definition) is 0. The number of carbonyl (C=O) groups is 2. The lowest BCUT2D eigenvalue weighted by atomic mass is 10.2. The van der Waals surface area contributed by atoms with Gasteiger partial charge in [-0.05, 0) is 6.92 Å². The molecule has 0 aromatic carbocycles. The number of amides is 1. The molecule has 0 aliphatic heterocycles. The van der Waals surface area contributed by atoms with E-state index in [0.717, 1.165) is 0 Å². The second-order valence-corrected chi connectivity index (χ2v) is 3.95. The summed E-state index contributed by atoms with van der Waals surface area (Å²) in [7, 11) is 2.85. The second kappa shape index (κ2) is 7.52. The molecule has 0 saturated heterocycles. The smallest absolute Gasteiger partial charge is 0.307 e. The van der Waals surface area contributed by atoms with Crippen molar-refractivity contribution in [3.63, 3.8) is 0 Å². The van der Waals surface area contributed by atoms with Crippen LogP contribution in [0.25, 0.3) is 0 Å². The van der Waals surface area contributed by atoms with E-state index < -0.39 is 0 Å². The Morgan fingerprint density at radius 2 is 2.11 bits per heavy atom. The van der Waals surface area contributed by atoms with Gasteiger partial charge in [-0.2, -0.15) is 0 Å². The molecule has 1 heterocycles. The predicted octanol–water partition coefficient (Wildman–Crippen LogP) is 0.635. The molecule has 0 saturated carbocycles. The van der Waals surface area contributed by atoms with E-state index in [2.05, 4.69) is 9.89 Å².